The largest absolute Gasteiger partial charge is 0.320 e. The number of rotatable bonds is 2. The molecule has 88 valence electrons. The first-order valence-corrected chi connectivity index (χ1v) is 6.64. The van der Waals surface area contributed by atoms with Crippen LogP contribution < -0.4 is 5.32 Å². The van der Waals surface area contributed by atoms with Crippen molar-refractivity contribution in [1.82, 2.24) is 4.37 Å². The van der Waals surface area contributed by atoms with Crippen molar-refractivity contribution < 1.29 is 4.79 Å². The summed E-state index contributed by atoms with van der Waals surface area (Å²) in [6.45, 7) is 3.93. The van der Waals surface area contributed by atoms with E-state index in [0.717, 1.165) is 20.6 Å². The first kappa shape index (κ1) is 12.3. The molecule has 0 unspecified atom stereocenters. The molecule has 17 heavy (non-hydrogen) atoms. The molecule has 1 aromatic heterocycles. The van der Waals surface area contributed by atoms with Gasteiger partial charge in [0.05, 0.1) is 5.69 Å². The molecular formula is C12H11BrN2OS. The van der Waals surface area contributed by atoms with E-state index in [-0.39, 0.29) is 5.91 Å². The zero-order valence-electron chi connectivity index (χ0n) is 9.45. The fraction of sp³-hybridized carbons (Fsp3) is 0.167. The second-order valence-corrected chi connectivity index (χ2v) is 5.62. The molecular weight excluding hydrogens is 300 g/mol. The number of carbonyl (C=O) groups is 1. The van der Waals surface area contributed by atoms with E-state index in [1.54, 1.807) is 6.07 Å². The maximum atomic E-state index is 11.9. The van der Waals surface area contributed by atoms with Crippen molar-refractivity contribution in [3.05, 3.63) is 44.9 Å². The van der Waals surface area contributed by atoms with Gasteiger partial charge in [-0.05, 0) is 65.1 Å². The van der Waals surface area contributed by atoms with Gasteiger partial charge in [-0.25, -0.2) is 0 Å². The van der Waals surface area contributed by atoms with Crippen molar-refractivity contribution in [2.24, 2.45) is 0 Å². The van der Waals surface area contributed by atoms with Gasteiger partial charge in [-0.3, -0.25) is 4.79 Å². The highest BCUT2D eigenvalue weighted by atomic mass is 79.9. The first-order chi connectivity index (χ1) is 8.06. The fourth-order valence-electron chi connectivity index (χ4n) is 1.38. The Labute approximate surface area is 112 Å². The van der Waals surface area contributed by atoms with Crippen molar-refractivity contribution in [3.8, 4) is 0 Å². The minimum atomic E-state index is -0.182. The lowest BCUT2D eigenvalue weighted by Crippen LogP contribution is -2.12. The molecule has 1 N–H and O–H groups in total. The second kappa shape index (κ2) is 4.98. The van der Waals surface area contributed by atoms with Crippen molar-refractivity contribution in [2.45, 2.75) is 13.8 Å². The average molecular weight is 311 g/mol. The third kappa shape index (κ3) is 2.92. The fourth-order valence-corrected chi connectivity index (χ4v) is 2.52. The summed E-state index contributed by atoms with van der Waals surface area (Å²) in [7, 11) is 0. The summed E-state index contributed by atoms with van der Waals surface area (Å²) in [4.78, 5) is 12.9. The van der Waals surface area contributed by atoms with Gasteiger partial charge in [-0.1, -0.05) is 6.07 Å². The highest BCUT2D eigenvalue weighted by Gasteiger charge is 2.11. The van der Waals surface area contributed by atoms with Crippen LogP contribution in [0, 0.1) is 13.8 Å². The van der Waals surface area contributed by atoms with E-state index in [1.165, 1.54) is 11.5 Å². The highest BCUT2D eigenvalue weighted by Crippen LogP contribution is 2.24. The van der Waals surface area contributed by atoms with Crippen molar-refractivity contribution in [1.29, 1.82) is 0 Å². The summed E-state index contributed by atoms with van der Waals surface area (Å²) in [6.07, 6.45) is 0. The van der Waals surface area contributed by atoms with Crippen LogP contribution in [-0.4, -0.2) is 10.3 Å². The summed E-state index contributed by atoms with van der Waals surface area (Å²) >= 11 is 4.75. The van der Waals surface area contributed by atoms with E-state index in [4.69, 9.17) is 0 Å². The summed E-state index contributed by atoms with van der Waals surface area (Å²) in [5.74, 6) is -0.182. The van der Waals surface area contributed by atoms with E-state index >= 15 is 0 Å². The smallest absolute Gasteiger partial charge is 0.275 e. The monoisotopic (exact) mass is 310 g/mol. The predicted molar refractivity (Wildman–Crippen MR) is 73.7 cm³/mol. The number of halogens is 1. The van der Waals surface area contributed by atoms with Gasteiger partial charge in [-0.15, -0.1) is 0 Å². The Morgan fingerprint density at radius 1 is 1.35 bits per heavy atom. The molecule has 0 saturated heterocycles. The van der Waals surface area contributed by atoms with E-state index in [2.05, 4.69) is 25.6 Å². The molecule has 0 spiro atoms. The lowest BCUT2D eigenvalue weighted by atomic mass is 10.2. The molecule has 0 radical (unpaired) electrons. The van der Waals surface area contributed by atoms with Gasteiger partial charge >= 0.3 is 0 Å². The highest BCUT2D eigenvalue weighted by molar-refractivity contribution is 9.10. The van der Waals surface area contributed by atoms with Crippen LogP contribution >= 0.6 is 27.5 Å². The standard InChI is InChI=1S/C12H11BrN2OS/c1-7-3-4-10(9(13)5-7)14-12(16)11-6-8(2)17-15-11/h3-6H,1-2H3,(H,14,16). The topological polar surface area (TPSA) is 42.0 Å². The molecule has 2 rings (SSSR count). The minimum absolute atomic E-state index is 0.182. The average Bonchev–Trinajstić information content (AvgIpc) is 2.69. The molecule has 0 atom stereocenters. The molecule has 5 heteroatoms. The molecule has 3 nitrogen and oxygen atoms in total. The van der Waals surface area contributed by atoms with Crippen molar-refractivity contribution >= 4 is 39.1 Å². The molecule has 0 aliphatic heterocycles. The van der Waals surface area contributed by atoms with Crippen LogP contribution in [0.4, 0.5) is 5.69 Å². The Hall–Kier alpha value is -1.20. The number of aryl methyl sites for hydroxylation is 2. The summed E-state index contributed by atoms with van der Waals surface area (Å²) < 4.78 is 4.95. The third-order valence-electron chi connectivity index (χ3n) is 2.23. The van der Waals surface area contributed by atoms with Crippen LogP contribution in [0.15, 0.2) is 28.7 Å². The van der Waals surface area contributed by atoms with Crippen LogP contribution in [0.25, 0.3) is 0 Å². The van der Waals surface area contributed by atoms with Gasteiger partial charge in [0.2, 0.25) is 0 Å². The summed E-state index contributed by atoms with van der Waals surface area (Å²) in [6, 6.07) is 7.56. The van der Waals surface area contributed by atoms with Crippen LogP contribution in [-0.2, 0) is 0 Å². The number of carbonyl (C=O) groups excluding carboxylic acids is 1. The molecule has 0 fully saturated rings. The van der Waals surface area contributed by atoms with E-state index in [0.29, 0.717) is 5.69 Å². The number of benzene rings is 1. The Balaban J connectivity index is 2.18. The van der Waals surface area contributed by atoms with Gasteiger partial charge in [0.15, 0.2) is 0 Å². The molecule has 1 heterocycles. The summed E-state index contributed by atoms with van der Waals surface area (Å²) in [5, 5.41) is 2.83. The van der Waals surface area contributed by atoms with E-state index < -0.39 is 0 Å². The van der Waals surface area contributed by atoms with Gasteiger partial charge in [0.1, 0.15) is 5.69 Å². The van der Waals surface area contributed by atoms with Crippen molar-refractivity contribution in [2.75, 3.05) is 5.32 Å². The lowest BCUT2D eigenvalue weighted by Gasteiger charge is -2.06. The van der Waals surface area contributed by atoms with Crippen LogP contribution in [0.1, 0.15) is 20.9 Å². The quantitative estimate of drug-likeness (QED) is 0.917. The Kier molecular flexibility index (Phi) is 3.59. The predicted octanol–water partition coefficient (Wildman–Crippen LogP) is 3.77. The molecule has 0 bridgehead atoms. The number of amides is 1. The van der Waals surface area contributed by atoms with Crippen LogP contribution in [0.5, 0.6) is 0 Å². The SMILES string of the molecule is Cc1ccc(NC(=O)c2cc(C)sn2)c(Br)c1. The van der Waals surface area contributed by atoms with Crippen molar-refractivity contribution in [3.63, 3.8) is 0 Å². The molecule has 0 saturated carbocycles. The van der Waals surface area contributed by atoms with Gasteiger partial charge in [0, 0.05) is 9.35 Å². The maximum Gasteiger partial charge on any atom is 0.275 e. The van der Waals surface area contributed by atoms with E-state index in [1.807, 2.05) is 32.0 Å². The summed E-state index contributed by atoms with van der Waals surface area (Å²) in [5.41, 5.74) is 2.35. The molecule has 1 amide bonds. The molecule has 0 aliphatic carbocycles. The Morgan fingerprint density at radius 3 is 2.71 bits per heavy atom. The zero-order valence-corrected chi connectivity index (χ0v) is 11.9. The van der Waals surface area contributed by atoms with Crippen LogP contribution in [0.2, 0.25) is 0 Å². The Bertz CT molecular complexity index is 565. The number of aromatic nitrogens is 1. The normalized spacial score (nSPS) is 10.3. The minimum Gasteiger partial charge on any atom is -0.320 e. The number of hydrogen-bond donors (Lipinski definition) is 1. The van der Waals surface area contributed by atoms with Crippen LogP contribution in [0.3, 0.4) is 0 Å². The molecule has 2 aromatic rings. The van der Waals surface area contributed by atoms with Gasteiger partial charge in [-0.2, -0.15) is 4.37 Å². The molecule has 1 aromatic carbocycles. The maximum absolute atomic E-state index is 11.9. The first-order valence-electron chi connectivity index (χ1n) is 5.07. The second-order valence-electron chi connectivity index (χ2n) is 3.76. The number of nitrogens with zero attached hydrogens (tertiary/aromatic N) is 1. The van der Waals surface area contributed by atoms with Gasteiger partial charge < -0.3 is 5.32 Å². The third-order valence-corrected chi connectivity index (χ3v) is 3.58. The molecule has 0 aliphatic rings. The number of anilines is 1. The number of hydrogen-bond acceptors (Lipinski definition) is 3. The zero-order chi connectivity index (χ0) is 12.4. The van der Waals surface area contributed by atoms with Gasteiger partial charge in [0.25, 0.3) is 5.91 Å². The van der Waals surface area contributed by atoms with E-state index in [9.17, 15) is 4.79 Å². The Morgan fingerprint density at radius 2 is 2.12 bits per heavy atom. The lowest BCUT2D eigenvalue weighted by molar-refractivity contribution is 0.102. The number of nitrogens with one attached hydrogen (secondary N) is 1.